The minimum atomic E-state index is -0.635. The lowest BCUT2D eigenvalue weighted by Gasteiger charge is -2.33. The van der Waals surface area contributed by atoms with Crippen molar-refractivity contribution in [1.29, 1.82) is 0 Å². The minimum absolute atomic E-state index is 0.0156. The molecule has 2 aromatic rings. The first kappa shape index (κ1) is 24.9. The highest BCUT2D eigenvalue weighted by Crippen LogP contribution is 2.30. The van der Waals surface area contributed by atoms with E-state index in [9.17, 15) is 19.7 Å². The summed E-state index contributed by atoms with van der Waals surface area (Å²) in [6.45, 7) is 5.08. The number of hydrogen-bond donors (Lipinski definition) is 2. The molecule has 10 heteroatoms. The van der Waals surface area contributed by atoms with Crippen LogP contribution in [0.5, 0.6) is 0 Å². The number of carbonyl (C=O) groups excluding carboxylic acids is 2. The van der Waals surface area contributed by atoms with Gasteiger partial charge in [-0.15, -0.1) is 0 Å². The number of halogens is 1. The van der Waals surface area contributed by atoms with Crippen molar-refractivity contribution in [2.24, 2.45) is 5.92 Å². The number of carbonyl (C=O) groups is 2. The van der Waals surface area contributed by atoms with Crippen LogP contribution in [0.4, 0.5) is 17.1 Å². The molecule has 1 unspecified atom stereocenters. The molecular weight excluding hydrogens is 472 g/mol. The number of nitrogens with zero attached hydrogens (tertiary/aromatic N) is 2. The zero-order chi connectivity index (χ0) is 24.9. The number of nitro benzene ring substituents is 1. The van der Waals surface area contributed by atoms with Gasteiger partial charge in [-0.2, -0.15) is 0 Å². The van der Waals surface area contributed by atoms with Crippen LogP contribution in [0.15, 0.2) is 36.4 Å². The smallest absolute Gasteiger partial charge is 0.288 e. The van der Waals surface area contributed by atoms with Crippen molar-refractivity contribution < 1.29 is 19.2 Å². The molecule has 2 amide bonds. The van der Waals surface area contributed by atoms with E-state index in [4.69, 9.17) is 16.3 Å². The van der Waals surface area contributed by atoms with Gasteiger partial charge < -0.3 is 20.3 Å². The van der Waals surface area contributed by atoms with Crippen molar-refractivity contribution in [3.8, 4) is 0 Å². The maximum absolute atomic E-state index is 13.2. The van der Waals surface area contributed by atoms with Crippen LogP contribution < -0.4 is 15.5 Å². The Labute approximate surface area is 208 Å². The normalized spacial score (nSPS) is 18.3. The van der Waals surface area contributed by atoms with Gasteiger partial charge in [-0.05, 0) is 61.9 Å². The van der Waals surface area contributed by atoms with Crippen molar-refractivity contribution in [2.45, 2.75) is 38.7 Å². The lowest BCUT2D eigenvalue weighted by Crippen LogP contribution is -2.36. The molecule has 0 saturated carbocycles. The molecule has 0 aliphatic carbocycles. The van der Waals surface area contributed by atoms with Crippen LogP contribution in [0.3, 0.4) is 0 Å². The van der Waals surface area contributed by atoms with Crippen LogP contribution >= 0.6 is 11.6 Å². The van der Waals surface area contributed by atoms with Gasteiger partial charge in [0.2, 0.25) is 0 Å². The van der Waals surface area contributed by atoms with E-state index in [-0.39, 0.29) is 28.3 Å². The molecule has 0 radical (unpaired) electrons. The highest BCUT2D eigenvalue weighted by molar-refractivity contribution is 6.32. The van der Waals surface area contributed by atoms with Crippen LogP contribution in [0.2, 0.25) is 5.02 Å². The number of piperidine rings is 1. The summed E-state index contributed by atoms with van der Waals surface area (Å²) in [6.07, 6.45) is 4.01. The number of anilines is 2. The van der Waals surface area contributed by atoms with Crippen molar-refractivity contribution in [3.63, 3.8) is 0 Å². The SMILES string of the molecule is CC1CCN(c2ccc(NC(=O)c3ccc(Cl)c([N+](=O)[O-])c3)cc2C(=O)NCC2CCCO2)CC1. The van der Waals surface area contributed by atoms with E-state index < -0.39 is 10.8 Å². The number of nitro groups is 1. The Bertz CT molecular complexity index is 1110. The molecule has 2 N–H and O–H groups in total. The molecule has 2 aliphatic heterocycles. The Kier molecular flexibility index (Phi) is 7.87. The molecule has 2 aliphatic rings. The van der Waals surface area contributed by atoms with E-state index in [1.807, 2.05) is 6.07 Å². The Hall–Kier alpha value is -3.17. The molecule has 0 spiro atoms. The lowest BCUT2D eigenvalue weighted by molar-refractivity contribution is -0.384. The molecule has 4 rings (SSSR count). The second-order valence-electron chi connectivity index (χ2n) is 9.12. The third-order valence-corrected chi connectivity index (χ3v) is 6.86. The Morgan fingerprint density at radius 3 is 2.60 bits per heavy atom. The summed E-state index contributed by atoms with van der Waals surface area (Å²) in [4.78, 5) is 38.7. The fraction of sp³-hybridized carbons (Fsp3) is 0.440. The monoisotopic (exact) mass is 500 g/mol. The first-order chi connectivity index (χ1) is 16.8. The van der Waals surface area contributed by atoms with E-state index in [2.05, 4.69) is 22.5 Å². The van der Waals surface area contributed by atoms with Crippen molar-refractivity contribution in [1.82, 2.24) is 5.32 Å². The maximum Gasteiger partial charge on any atom is 0.288 e. The summed E-state index contributed by atoms with van der Waals surface area (Å²) >= 11 is 5.86. The van der Waals surface area contributed by atoms with Crippen molar-refractivity contribution in [3.05, 3.63) is 62.7 Å². The Morgan fingerprint density at radius 2 is 1.91 bits per heavy atom. The summed E-state index contributed by atoms with van der Waals surface area (Å²) in [5, 5.41) is 16.8. The molecule has 1 atom stereocenters. The molecule has 35 heavy (non-hydrogen) atoms. The Balaban J connectivity index is 1.56. The van der Waals surface area contributed by atoms with Gasteiger partial charge in [0.1, 0.15) is 5.02 Å². The first-order valence-electron chi connectivity index (χ1n) is 11.9. The molecule has 0 aromatic heterocycles. The topological polar surface area (TPSA) is 114 Å². The number of benzene rings is 2. The number of amides is 2. The Morgan fingerprint density at radius 1 is 1.14 bits per heavy atom. The van der Waals surface area contributed by atoms with E-state index in [0.717, 1.165) is 50.5 Å². The highest BCUT2D eigenvalue weighted by atomic mass is 35.5. The van der Waals surface area contributed by atoms with Crippen LogP contribution in [-0.2, 0) is 4.74 Å². The quantitative estimate of drug-likeness (QED) is 0.422. The van der Waals surface area contributed by atoms with E-state index in [1.165, 1.54) is 12.1 Å². The summed E-state index contributed by atoms with van der Waals surface area (Å²) in [7, 11) is 0. The standard InChI is InChI=1S/C25H29ClN4O5/c1-16-8-10-29(11-9-16)22-7-5-18(14-20(22)25(32)27-15-19-3-2-12-35-19)28-24(31)17-4-6-21(26)23(13-17)30(33)34/h4-7,13-14,16,19H,2-3,8-12,15H2,1H3,(H,27,32)(H,28,31). The fourth-order valence-corrected chi connectivity index (χ4v) is 4.61. The maximum atomic E-state index is 13.2. The van der Waals surface area contributed by atoms with Gasteiger partial charge in [0, 0.05) is 49.2 Å². The molecule has 0 bridgehead atoms. The van der Waals surface area contributed by atoms with Crippen LogP contribution in [0.25, 0.3) is 0 Å². The molecule has 2 saturated heterocycles. The van der Waals surface area contributed by atoms with E-state index >= 15 is 0 Å². The molecule has 2 fully saturated rings. The lowest BCUT2D eigenvalue weighted by atomic mass is 9.97. The zero-order valence-electron chi connectivity index (χ0n) is 19.6. The third-order valence-electron chi connectivity index (χ3n) is 6.54. The second-order valence-corrected chi connectivity index (χ2v) is 9.53. The predicted octanol–water partition coefficient (Wildman–Crippen LogP) is 4.65. The van der Waals surface area contributed by atoms with Gasteiger partial charge in [-0.3, -0.25) is 19.7 Å². The number of ether oxygens (including phenoxy) is 1. The van der Waals surface area contributed by atoms with Gasteiger partial charge >= 0.3 is 0 Å². The van der Waals surface area contributed by atoms with E-state index in [1.54, 1.807) is 12.1 Å². The predicted molar refractivity (Wildman–Crippen MR) is 134 cm³/mol. The average molecular weight is 501 g/mol. The van der Waals surface area contributed by atoms with Gasteiger partial charge in [-0.1, -0.05) is 18.5 Å². The third kappa shape index (κ3) is 6.10. The van der Waals surface area contributed by atoms with E-state index in [0.29, 0.717) is 30.3 Å². The van der Waals surface area contributed by atoms with Gasteiger partial charge in [0.15, 0.2) is 0 Å². The molecule has 9 nitrogen and oxygen atoms in total. The molecule has 186 valence electrons. The largest absolute Gasteiger partial charge is 0.376 e. The molecule has 2 aromatic carbocycles. The average Bonchev–Trinajstić information content (AvgIpc) is 3.37. The van der Waals surface area contributed by atoms with Gasteiger partial charge in [0.05, 0.1) is 16.6 Å². The summed E-state index contributed by atoms with van der Waals surface area (Å²) in [5.74, 6) is -0.118. The second kappa shape index (κ2) is 11.0. The van der Waals surface area contributed by atoms with Crippen molar-refractivity contribution >= 4 is 40.5 Å². The van der Waals surface area contributed by atoms with Crippen LogP contribution in [-0.4, -0.2) is 49.1 Å². The number of rotatable bonds is 7. The highest BCUT2D eigenvalue weighted by Gasteiger charge is 2.24. The first-order valence-corrected chi connectivity index (χ1v) is 12.2. The van der Waals surface area contributed by atoms with Crippen LogP contribution in [0.1, 0.15) is 53.3 Å². The summed E-state index contributed by atoms with van der Waals surface area (Å²) in [6, 6.07) is 9.11. The number of nitrogens with one attached hydrogen (secondary N) is 2. The van der Waals surface area contributed by atoms with Crippen molar-refractivity contribution in [2.75, 3.05) is 36.5 Å². The zero-order valence-corrected chi connectivity index (χ0v) is 20.3. The number of hydrogen-bond acceptors (Lipinski definition) is 6. The van der Waals surface area contributed by atoms with Crippen LogP contribution in [0, 0.1) is 16.0 Å². The summed E-state index contributed by atoms with van der Waals surface area (Å²) < 4.78 is 5.62. The fourth-order valence-electron chi connectivity index (χ4n) is 4.43. The van der Waals surface area contributed by atoms with Gasteiger partial charge in [-0.25, -0.2) is 0 Å². The molecular formula is C25H29ClN4O5. The minimum Gasteiger partial charge on any atom is -0.376 e. The molecule has 2 heterocycles. The van der Waals surface area contributed by atoms with Gasteiger partial charge in [0.25, 0.3) is 17.5 Å². The summed E-state index contributed by atoms with van der Waals surface area (Å²) in [5.41, 5.74) is 1.46.